The summed E-state index contributed by atoms with van der Waals surface area (Å²) in [6, 6.07) is 0.394. The highest BCUT2D eigenvalue weighted by Crippen LogP contribution is 2.29. The Morgan fingerprint density at radius 2 is 2.24 bits per heavy atom. The van der Waals surface area contributed by atoms with E-state index in [1.807, 2.05) is 4.90 Å². The van der Waals surface area contributed by atoms with Crippen molar-refractivity contribution >= 4 is 5.91 Å². The van der Waals surface area contributed by atoms with Crippen LogP contribution in [0.3, 0.4) is 0 Å². The minimum Gasteiger partial charge on any atom is -0.377 e. The summed E-state index contributed by atoms with van der Waals surface area (Å²) in [4.78, 5) is 20.4. The Kier molecular flexibility index (Phi) is 4.21. The average Bonchev–Trinajstić information content (AvgIpc) is 2.70. The van der Waals surface area contributed by atoms with Crippen LogP contribution in [0.15, 0.2) is 4.52 Å². The van der Waals surface area contributed by atoms with Gasteiger partial charge in [0.15, 0.2) is 5.82 Å². The average molecular weight is 294 g/mol. The molecule has 1 aromatic rings. The number of aromatic nitrogens is 2. The molecular weight excluding hydrogens is 272 g/mol. The Bertz CT molecular complexity index is 504. The van der Waals surface area contributed by atoms with Crippen LogP contribution in [-0.4, -0.2) is 58.6 Å². The van der Waals surface area contributed by atoms with Gasteiger partial charge in [0.05, 0.1) is 6.54 Å². The Morgan fingerprint density at radius 3 is 3.00 bits per heavy atom. The van der Waals surface area contributed by atoms with Crippen LogP contribution >= 0.6 is 0 Å². The number of carbonyl (C=O) groups is 1. The number of carbonyl (C=O) groups excluding carboxylic acids is 1. The Balaban J connectivity index is 1.67. The van der Waals surface area contributed by atoms with Gasteiger partial charge < -0.3 is 14.2 Å². The fraction of sp³-hybridized carbons (Fsp3) is 0.786. The third kappa shape index (κ3) is 3.24. The molecule has 3 fully saturated rings. The van der Waals surface area contributed by atoms with E-state index in [1.54, 1.807) is 14.0 Å². The van der Waals surface area contributed by atoms with Crippen molar-refractivity contribution in [2.75, 3.05) is 26.7 Å². The molecule has 116 valence electrons. The molecule has 0 saturated carbocycles. The quantitative estimate of drug-likeness (QED) is 0.812. The zero-order valence-electron chi connectivity index (χ0n) is 12.6. The summed E-state index contributed by atoms with van der Waals surface area (Å²) in [5.74, 6) is 1.93. The first-order chi connectivity index (χ1) is 10.2. The standard InChI is InChI=1S/C14H22N4O3/c1-10(19)17-5-11-3-4-12(7-17)18(6-11)8-14-15-13(9-20-2)16-21-14/h11-12H,3-9H2,1-2H3/t11-,12+/m0/s1. The number of nitrogens with zero attached hydrogens (tertiary/aromatic N) is 4. The number of hydrogen-bond donors (Lipinski definition) is 0. The molecule has 0 N–H and O–H groups in total. The molecule has 0 aromatic carbocycles. The van der Waals surface area contributed by atoms with E-state index in [1.165, 1.54) is 6.42 Å². The molecule has 3 aliphatic rings. The van der Waals surface area contributed by atoms with E-state index in [0.29, 0.717) is 36.8 Å². The molecule has 2 bridgehead atoms. The molecule has 1 aromatic heterocycles. The molecule has 2 atom stereocenters. The van der Waals surface area contributed by atoms with Gasteiger partial charge in [-0.25, -0.2) is 0 Å². The molecule has 21 heavy (non-hydrogen) atoms. The van der Waals surface area contributed by atoms with Gasteiger partial charge in [0.25, 0.3) is 0 Å². The molecule has 7 heteroatoms. The van der Waals surface area contributed by atoms with E-state index in [9.17, 15) is 4.79 Å². The monoisotopic (exact) mass is 294 g/mol. The van der Waals surface area contributed by atoms with Gasteiger partial charge in [0, 0.05) is 39.7 Å². The summed E-state index contributed by atoms with van der Waals surface area (Å²) in [7, 11) is 1.61. The van der Waals surface area contributed by atoms with Crippen molar-refractivity contribution in [3.63, 3.8) is 0 Å². The number of hydrogen-bond acceptors (Lipinski definition) is 6. The molecule has 0 spiro atoms. The van der Waals surface area contributed by atoms with Crippen LogP contribution in [0.2, 0.25) is 0 Å². The zero-order valence-corrected chi connectivity index (χ0v) is 12.6. The summed E-state index contributed by atoms with van der Waals surface area (Å²) in [6.07, 6.45) is 2.33. The summed E-state index contributed by atoms with van der Waals surface area (Å²) in [5.41, 5.74) is 0. The molecule has 3 saturated heterocycles. The van der Waals surface area contributed by atoms with E-state index in [-0.39, 0.29) is 5.91 Å². The molecule has 4 rings (SSSR count). The number of piperidine rings is 1. The lowest BCUT2D eigenvalue weighted by Gasteiger charge is -2.34. The van der Waals surface area contributed by atoms with E-state index in [0.717, 1.165) is 26.1 Å². The molecular formula is C14H22N4O3. The normalized spacial score (nSPS) is 26.1. The smallest absolute Gasteiger partial charge is 0.240 e. The Hall–Kier alpha value is -1.47. The Morgan fingerprint density at radius 1 is 1.38 bits per heavy atom. The van der Waals surface area contributed by atoms with E-state index < -0.39 is 0 Å². The van der Waals surface area contributed by atoms with E-state index in [4.69, 9.17) is 9.26 Å². The van der Waals surface area contributed by atoms with Crippen LogP contribution in [-0.2, 0) is 22.7 Å². The molecule has 4 heterocycles. The van der Waals surface area contributed by atoms with Gasteiger partial charge in [0.1, 0.15) is 6.61 Å². The summed E-state index contributed by atoms with van der Waals surface area (Å²) >= 11 is 0. The summed E-state index contributed by atoms with van der Waals surface area (Å²) in [6.45, 7) is 5.36. The highest BCUT2D eigenvalue weighted by Gasteiger charge is 2.36. The lowest BCUT2D eigenvalue weighted by Crippen LogP contribution is -2.43. The van der Waals surface area contributed by atoms with E-state index >= 15 is 0 Å². The molecule has 1 amide bonds. The van der Waals surface area contributed by atoms with Crippen LogP contribution in [0.5, 0.6) is 0 Å². The first kappa shape index (κ1) is 14.5. The van der Waals surface area contributed by atoms with Crippen molar-refractivity contribution in [3.8, 4) is 0 Å². The van der Waals surface area contributed by atoms with Gasteiger partial charge in [-0.2, -0.15) is 4.98 Å². The largest absolute Gasteiger partial charge is 0.377 e. The predicted molar refractivity (Wildman–Crippen MR) is 74.2 cm³/mol. The third-order valence-electron chi connectivity index (χ3n) is 4.39. The predicted octanol–water partition coefficient (Wildman–Crippen LogP) is 0.659. The van der Waals surface area contributed by atoms with Crippen LogP contribution in [0, 0.1) is 5.92 Å². The van der Waals surface area contributed by atoms with Crippen LogP contribution in [0.4, 0.5) is 0 Å². The first-order valence-electron chi connectivity index (χ1n) is 7.45. The molecule has 0 unspecified atom stereocenters. The second kappa shape index (κ2) is 6.11. The van der Waals surface area contributed by atoms with Gasteiger partial charge in [-0.15, -0.1) is 0 Å². The second-order valence-corrected chi connectivity index (χ2v) is 5.99. The topological polar surface area (TPSA) is 71.7 Å². The number of rotatable bonds is 4. The molecule has 0 aliphatic carbocycles. The number of amides is 1. The molecule has 3 aliphatic heterocycles. The van der Waals surface area contributed by atoms with Crippen molar-refractivity contribution in [1.82, 2.24) is 19.9 Å². The fourth-order valence-electron chi connectivity index (χ4n) is 3.35. The highest BCUT2D eigenvalue weighted by atomic mass is 16.5. The van der Waals surface area contributed by atoms with Crippen LogP contribution < -0.4 is 0 Å². The summed E-state index contributed by atoms with van der Waals surface area (Å²) in [5, 5.41) is 3.90. The maximum Gasteiger partial charge on any atom is 0.240 e. The van der Waals surface area contributed by atoms with Crippen molar-refractivity contribution in [3.05, 3.63) is 11.7 Å². The third-order valence-corrected chi connectivity index (χ3v) is 4.39. The maximum absolute atomic E-state index is 11.7. The van der Waals surface area contributed by atoms with Gasteiger partial charge in [-0.05, 0) is 18.8 Å². The Labute approximate surface area is 124 Å². The number of ether oxygens (including phenoxy) is 1. The lowest BCUT2D eigenvalue weighted by atomic mass is 9.95. The minimum absolute atomic E-state index is 0.175. The van der Waals surface area contributed by atoms with Crippen LogP contribution in [0.1, 0.15) is 31.5 Å². The zero-order chi connectivity index (χ0) is 14.8. The van der Waals surface area contributed by atoms with E-state index in [2.05, 4.69) is 15.0 Å². The van der Waals surface area contributed by atoms with Crippen LogP contribution in [0.25, 0.3) is 0 Å². The SMILES string of the molecule is COCc1noc(CN2C[C@H]3CC[C@@H]2CN(C(C)=O)C3)n1. The van der Waals surface area contributed by atoms with Gasteiger partial charge in [-0.3, -0.25) is 9.69 Å². The maximum atomic E-state index is 11.7. The van der Waals surface area contributed by atoms with Gasteiger partial charge in [0.2, 0.25) is 11.8 Å². The second-order valence-electron chi connectivity index (χ2n) is 5.99. The minimum atomic E-state index is 0.175. The van der Waals surface area contributed by atoms with Crippen molar-refractivity contribution < 1.29 is 14.1 Å². The van der Waals surface area contributed by atoms with Crippen molar-refractivity contribution in [2.45, 2.75) is 39.0 Å². The highest BCUT2D eigenvalue weighted by molar-refractivity contribution is 5.73. The molecule has 0 radical (unpaired) electrons. The molecule has 7 nitrogen and oxygen atoms in total. The number of fused-ring (bicyclic) bond motifs is 4. The first-order valence-corrected chi connectivity index (χ1v) is 7.45. The summed E-state index contributed by atoms with van der Waals surface area (Å²) < 4.78 is 10.3. The number of methoxy groups -OCH3 is 1. The lowest BCUT2D eigenvalue weighted by molar-refractivity contribution is -0.129. The van der Waals surface area contributed by atoms with Crippen molar-refractivity contribution in [2.24, 2.45) is 5.92 Å². The fourth-order valence-corrected chi connectivity index (χ4v) is 3.35. The van der Waals surface area contributed by atoms with Gasteiger partial charge in [-0.1, -0.05) is 5.16 Å². The van der Waals surface area contributed by atoms with Gasteiger partial charge >= 0.3 is 0 Å². The van der Waals surface area contributed by atoms with Crippen molar-refractivity contribution in [1.29, 1.82) is 0 Å².